The first-order valence-corrected chi connectivity index (χ1v) is 6.09. The Kier molecular flexibility index (Phi) is 3.22. The van der Waals surface area contributed by atoms with Gasteiger partial charge in [0, 0.05) is 10.0 Å². The monoisotopic (exact) mass is 297 g/mol. The van der Waals surface area contributed by atoms with E-state index < -0.39 is 5.54 Å². The summed E-state index contributed by atoms with van der Waals surface area (Å²) in [6, 6.07) is 3.27. The van der Waals surface area contributed by atoms with E-state index in [1.807, 2.05) is 0 Å². The van der Waals surface area contributed by atoms with Gasteiger partial charge in [-0.25, -0.2) is 4.79 Å². The number of ether oxygens (including phenoxy) is 1. The van der Waals surface area contributed by atoms with E-state index in [1.165, 1.54) is 7.11 Å². The maximum absolute atomic E-state index is 10.6. The summed E-state index contributed by atoms with van der Waals surface area (Å²) in [5.74, 6) is 0.427. The third-order valence-corrected chi connectivity index (χ3v) is 3.86. The molecule has 1 aliphatic carbocycles. The summed E-state index contributed by atoms with van der Waals surface area (Å²) in [6.45, 7) is 0. The van der Waals surface area contributed by atoms with E-state index in [0.29, 0.717) is 5.75 Å². The molecule has 17 heavy (non-hydrogen) atoms. The van der Waals surface area contributed by atoms with Crippen molar-refractivity contribution in [2.24, 2.45) is 4.99 Å². The smallest absolute Gasteiger partial charge is 0.235 e. The molecule has 0 aromatic heterocycles. The van der Waals surface area contributed by atoms with E-state index in [2.05, 4.69) is 20.9 Å². The van der Waals surface area contributed by atoms with E-state index in [1.54, 1.807) is 18.2 Å². The van der Waals surface area contributed by atoms with Crippen LogP contribution in [0.5, 0.6) is 11.5 Å². The molecular formula is C12H12BrNO3. The number of hydrogen-bond acceptors (Lipinski definition) is 4. The Morgan fingerprint density at radius 3 is 2.71 bits per heavy atom. The quantitative estimate of drug-likeness (QED) is 0.689. The van der Waals surface area contributed by atoms with Crippen molar-refractivity contribution < 1.29 is 14.6 Å². The van der Waals surface area contributed by atoms with Gasteiger partial charge in [0.1, 0.15) is 5.54 Å². The lowest BCUT2D eigenvalue weighted by molar-refractivity contribution is 0.242. The van der Waals surface area contributed by atoms with Crippen LogP contribution in [-0.2, 0) is 10.3 Å². The Balaban J connectivity index is 2.64. The van der Waals surface area contributed by atoms with Gasteiger partial charge in [0.05, 0.1) is 7.11 Å². The first kappa shape index (κ1) is 12.1. The van der Waals surface area contributed by atoms with Gasteiger partial charge in [0.15, 0.2) is 11.5 Å². The van der Waals surface area contributed by atoms with Gasteiger partial charge in [-0.15, -0.1) is 0 Å². The van der Waals surface area contributed by atoms with E-state index in [9.17, 15) is 9.90 Å². The van der Waals surface area contributed by atoms with Crippen LogP contribution in [0.3, 0.4) is 0 Å². The van der Waals surface area contributed by atoms with Gasteiger partial charge >= 0.3 is 0 Å². The minimum Gasteiger partial charge on any atom is -0.504 e. The lowest BCUT2D eigenvalue weighted by Gasteiger charge is -2.38. The summed E-state index contributed by atoms with van der Waals surface area (Å²) < 4.78 is 6.00. The molecule has 0 bridgehead atoms. The molecule has 1 aromatic rings. The highest BCUT2D eigenvalue weighted by atomic mass is 79.9. The SMILES string of the molecule is COc1c(O)ccc(Br)c1C1(N=C=O)CCC1. The van der Waals surface area contributed by atoms with Crippen molar-refractivity contribution in [2.45, 2.75) is 24.8 Å². The molecule has 1 fully saturated rings. The highest BCUT2D eigenvalue weighted by molar-refractivity contribution is 9.10. The van der Waals surface area contributed by atoms with Gasteiger partial charge < -0.3 is 9.84 Å². The van der Waals surface area contributed by atoms with Crippen molar-refractivity contribution in [1.29, 1.82) is 0 Å². The molecule has 0 spiro atoms. The summed E-state index contributed by atoms with van der Waals surface area (Å²) >= 11 is 3.42. The second-order valence-corrected chi connectivity index (χ2v) is 4.92. The highest BCUT2D eigenvalue weighted by Gasteiger charge is 2.43. The molecule has 5 heteroatoms. The summed E-state index contributed by atoms with van der Waals surface area (Å²) in [5, 5.41) is 9.78. The van der Waals surface area contributed by atoms with E-state index >= 15 is 0 Å². The zero-order valence-electron chi connectivity index (χ0n) is 9.36. The van der Waals surface area contributed by atoms with Crippen LogP contribution in [0.15, 0.2) is 21.6 Å². The first-order chi connectivity index (χ1) is 8.14. The van der Waals surface area contributed by atoms with E-state index in [-0.39, 0.29) is 5.75 Å². The predicted octanol–water partition coefficient (Wildman–Crippen LogP) is 2.88. The molecule has 90 valence electrons. The normalized spacial score (nSPS) is 16.8. The molecule has 2 rings (SSSR count). The Morgan fingerprint density at radius 1 is 1.53 bits per heavy atom. The Bertz CT molecular complexity index is 491. The van der Waals surface area contributed by atoms with Crippen molar-refractivity contribution in [3.63, 3.8) is 0 Å². The Labute approximate surface area is 107 Å². The molecule has 0 radical (unpaired) electrons. The number of benzene rings is 1. The standard InChI is InChI=1S/C12H12BrNO3/c1-17-11-9(16)4-3-8(13)10(11)12(14-7-15)5-2-6-12/h3-4,16H,2,5-6H2,1H3. The molecular weight excluding hydrogens is 286 g/mol. The fraction of sp³-hybridized carbons (Fsp3) is 0.417. The van der Waals surface area contributed by atoms with Crippen molar-refractivity contribution in [2.75, 3.05) is 7.11 Å². The minimum absolute atomic E-state index is 0.0538. The van der Waals surface area contributed by atoms with Gasteiger partial charge in [-0.1, -0.05) is 15.9 Å². The summed E-state index contributed by atoms with van der Waals surface area (Å²) in [5.41, 5.74) is 0.139. The van der Waals surface area contributed by atoms with Crippen LogP contribution in [0, 0.1) is 0 Å². The van der Waals surface area contributed by atoms with E-state index in [0.717, 1.165) is 29.3 Å². The number of rotatable bonds is 3. The van der Waals surface area contributed by atoms with Crippen LogP contribution >= 0.6 is 15.9 Å². The van der Waals surface area contributed by atoms with Gasteiger partial charge in [0.25, 0.3) is 0 Å². The molecule has 0 unspecified atom stereocenters. The van der Waals surface area contributed by atoms with Gasteiger partial charge in [-0.2, -0.15) is 4.99 Å². The van der Waals surface area contributed by atoms with Crippen LogP contribution in [0.4, 0.5) is 0 Å². The van der Waals surface area contributed by atoms with Gasteiger partial charge in [-0.3, -0.25) is 0 Å². The lowest BCUT2D eigenvalue weighted by atomic mass is 9.72. The third-order valence-electron chi connectivity index (χ3n) is 3.20. The molecule has 0 atom stereocenters. The number of nitrogens with zero attached hydrogens (tertiary/aromatic N) is 1. The van der Waals surface area contributed by atoms with Crippen LogP contribution in [0.1, 0.15) is 24.8 Å². The number of hydrogen-bond donors (Lipinski definition) is 1. The second-order valence-electron chi connectivity index (χ2n) is 4.06. The summed E-state index contributed by atoms with van der Waals surface area (Å²) in [7, 11) is 1.49. The average Bonchev–Trinajstić information content (AvgIpc) is 2.27. The maximum Gasteiger partial charge on any atom is 0.235 e. The third kappa shape index (κ3) is 1.85. The predicted molar refractivity (Wildman–Crippen MR) is 66.0 cm³/mol. The van der Waals surface area contributed by atoms with Crippen molar-refractivity contribution in [1.82, 2.24) is 0 Å². The molecule has 0 heterocycles. The average molecular weight is 298 g/mol. The van der Waals surface area contributed by atoms with Crippen molar-refractivity contribution in [3.05, 3.63) is 22.2 Å². The topological polar surface area (TPSA) is 58.9 Å². The number of phenolic OH excluding ortho intramolecular Hbond substituents is 1. The number of aliphatic imine (C=N–C) groups is 1. The molecule has 0 saturated heterocycles. The number of isocyanates is 1. The molecule has 0 amide bonds. The van der Waals surface area contributed by atoms with Crippen LogP contribution in [-0.4, -0.2) is 18.3 Å². The zero-order chi connectivity index (χ0) is 12.5. The molecule has 1 aromatic carbocycles. The molecule has 1 N–H and O–H groups in total. The molecule has 0 aliphatic heterocycles. The van der Waals surface area contributed by atoms with Crippen molar-refractivity contribution >= 4 is 22.0 Å². The number of aromatic hydroxyl groups is 1. The minimum atomic E-state index is -0.593. The summed E-state index contributed by atoms with van der Waals surface area (Å²) in [4.78, 5) is 14.5. The fourth-order valence-electron chi connectivity index (χ4n) is 2.20. The maximum atomic E-state index is 10.6. The van der Waals surface area contributed by atoms with Crippen molar-refractivity contribution in [3.8, 4) is 11.5 Å². The van der Waals surface area contributed by atoms with Crippen LogP contribution in [0.25, 0.3) is 0 Å². The Hall–Kier alpha value is -1.32. The number of methoxy groups -OCH3 is 1. The fourth-order valence-corrected chi connectivity index (χ4v) is 2.89. The Morgan fingerprint density at radius 2 is 2.24 bits per heavy atom. The number of phenols is 1. The lowest BCUT2D eigenvalue weighted by Crippen LogP contribution is -2.32. The summed E-state index contributed by atoms with van der Waals surface area (Å²) in [6.07, 6.45) is 4.15. The largest absolute Gasteiger partial charge is 0.504 e. The van der Waals surface area contributed by atoms with Gasteiger partial charge in [0.2, 0.25) is 6.08 Å². The van der Waals surface area contributed by atoms with Gasteiger partial charge in [-0.05, 0) is 31.4 Å². The first-order valence-electron chi connectivity index (χ1n) is 5.29. The second kappa shape index (κ2) is 4.51. The molecule has 4 nitrogen and oxygen atoms in total. The van der Waals surface area contributed by atoms with E-state index in [4.69, 9.17) is 4.74 Å². The molecule has 1 aliphatic rings. The number of halogens is 1. The highest BCUT2D eigenvalue weighted by Crippen LogP contribution is 2.52. The molecule has 1 saturated carbocycles. The van der Waals surface area contributed by atoms with Crippen LogP contribution in [0.2, 0.25) is 0 Å². The zero-order valence-corrected chi connectivity index (χ0v) is 11.0. The number of carbonyl (C=O) groups excluding carboxylic acids is 1. The van der Waals surface area contributed by atoms with Crippen LogP contribution < -0.4 is 4.74 Å².